The van der Waals surface area contributed by atoms with Crippen LogP contribution in [-0.4, -0.2) is 41.8 Å². The second-order valence-corrected chi connectivity index (χ2v) is 12.7. The van der Waals surface area contributed by atoms with E-state index >= 15 is 0 Å². The molecule has 43 heavy (non-hydrogen) atoms. The third-order valence-corrected chi connectivity index (χ3v) is 10.4. The summed E-state index contributed by atoms with van der Waals surface area (Å²) in [6.45, 7) is 1.70. The van der Waals surface area contributed by atoms with E-state index < -0.39 is 23.0 Å². The van der Waals surface area contributed by atoms with Crippen molar-refractivity contribution in [3.05, 3.63) is 97.4 Å². The Kier molecular flexibility index (Phi) is 7.80. The van der Waals surface area contributed by atoms with Gasteiger partial charge < -0.3 is 14.8 Å². The molecule has 0 saturated carbocycles. The van der Waals surface area contributed by atoms with Gasteiger partial charge in [-0.25, -0.2) is 4.90 Å². The number of aryl methyl sites for hydroxylation is 1. The lowest BCUT2D eigenvalue weighted by Crippen LogP contribution is -2.33. The first-order chi connectivity index (χ1) is 20.7. The molecule has 3 atom stereocenters. The fourth-order valence-corrected chi connectivity index (χ4v) is 8.39. The van der Waals surface area contributed by atoms with Gasteiger partial charge in [0.1, 0.15) is 11.8 Å². The lowest BCUT2D eigenvalue weighted by atomic mass is 9.83. The van der Waals surface area contributed by atoms with Gasteiger partial charge in [-0.3, -0.25) is 23.7 Å². The predicted molar refractivity (Wildman–Crippen MR) is 167 cm³/mol. The zero-order chi connectivity index (χ0) is 30.4. The summed E-state index contributed by atoms with van der Waals surface area (Å²) in [5, 5.41) is 2.98. The molecule has 3 amide bonds. The number of anilines is 2. The van der Waals surface area contributed by atoms with E-state index in [4.69, 9.17) is 21.1 Å². The highest BCUT2D eigenvalue weighted by Crippen LogP contribution is 2.54. The van der Waals surface area contributed by atoms with E-state index in [2.05, 4.69) is 5.32 Å². The minimum absolute atomic E-state index is 0.245. The van der Waals surface area contributed by atoms with E-state index in [1.807, 2.05) is 25.1 Å². The Hall–Kier alpha value is -4.06. The molecule has 1 N–H and O–H groups in total. The summed E-state index contributed by atoms with van der Waals surface area (Å²) in [7, 11) is 3.04. The highest BCUT2D eigenvalue weighted by atomic mass is 35.5. The Morgan fingerprint density at radius 2 is 1.63 bits per heavy atom. The molecule has 2 aliphatic rings. The van der Waals surface area contributed by atoms with E-state index in [0.29, 0.717) is 43.4 Å². The largest absolute Gasteiger partial charge is 0.493 e. The first kappa shape index (κ1) is 29.0. The number of carbonyl (C=O) groups excluding carboxylic acids is 3. The minimum atomic E-state index is -0.825. The number of ether oxygens (including phenoxy) is 2. The molecule has 0 aliphatic carbocycles. The van der Waals surface area contributed by atoms with Crippen LogP contribution in [0.15, 0.2) is 76.6 Å². The van der Waals surface area contributed by atoms with Crippen molar-refractivity contribution in [3.8, 4) is 11.5 Å². The van der Waals surface area contributed by atoms with Crippen LogP contribution in [0.2, 0.25) is 5.02 Å². The monoisotopic (exact) mass is 635 g/mol. The molecule has 3 heterocycles. The van der Waals surface area contributed by atoms with E-state index in [1.54, 1.807) is 48.5 Å². The molecule has 2 aliphatic heterocycles. The third-order valence-electron chi connectivity index (χ3n) is 7.54. The average molecular weight is 636 g/mol. The number of imide groups is 1. The molecule has 220 valence electrons. The molecule has 2 unspecified atom stereocenters. The molecule has 12 heteroatoms. The van der Waals surface area contributed by atoms with Gasteiger partial charge in [-0.15, -0.1) is 0 Å². The number of rotatable bonds is 7. The van der Waals surface area contributed by atoms with Gasteiger partial charge in [0.15, 0.2) is 11.5 Å². The van der Waals surface area contributed by atoms with Gasteiger partial charge in [-0.2, -0.15) is 0 Å². The average Bonchev–Trinajstić information content (AvgIpc) is 3.44. The molecule has 1 fully saturated rings. The lowest BCUT2D eigenvalue weighted by molar-refractivity contribution is -0.122. The van der Waals surface area contributed by atoms with Crippen LogP contribution < -0.4 is 24.6 Å². The van der Waals surface area contributed by atoms with Gasteiger partial charge in [0.25, 0.3) is 0 Å². The molecule has 0 radical (unpaired) electrons. The number of nitrogens with zero attached hydrogens (tertiary/aromatic N) is 2. The maximum atomic E-state index is 14.1. The fourth-order valence-electron chi connectivity index (χ4n) is 5.49. The number of methoxy groups -OCH3 is 2. The van der Waals surface area contributed by atoms with Crippen LogP contribution in [0, 0.1) is 12.8 Å². The Morgan fingerprint density at radius 3 is 2.30 bits per heavy atom. The predicted octanol–water partition coefficient (Wildman–Crippen LogP) is 5.32. The zero-order valence-corrected chi connectivity index (χ0v) is 25.7. The molecule has 6 rings (SSSR count). The van der Waals surface area contributed by atoms with Crippen LogP contribution in [0.4, 0.5) is 11.4 Å². The Morgan fingerprint density at radius 1 is 0.930 bits per heavy atom. The Balaban J connectivity index is 1.43. The van der Waals surface area contributed by atoms with Crippen molar-refractivity contribution < 1.29 is 23.9 Å². The van der Waals surface area contributed by atoms with Gasteiger partial charge >= 0.3 is 4.87 Å². The van der Waals surface area contributed by atoms with Gasteiger partial charge in [0.2, 0.25) is 17.7 Å². The minimum Gasteiger partial charge on any atom is -0.493 e. The smallest absolute Gasteiger partial charge is 0.308 e. The second-order valence-electron chi connectivity index (χ2n) is 10.2. The number of halogens is 1. The SMILES string of the molecule is COc1ccc([C@@H]2c3sc(=O)n(CC(=O)Nc4ccc(C)cc4)c3SC3C(=O)N(c4ccc(Cl)cc4)C(=O)C32)cc1OC. The van der Waals surface area contributed by atoms with Crippen LogP contribution >= 0.6 is 34.7 Å². The first-order valence-corrected chi connectivity index (χ1v) is 15.4. The van der Waals surface area contributed by atoms with Crippen LogP contribution in [0.25, 0.3) is 0 Å². The summed E-state index contributed by atoms with van der Waals surface area (Å²) >= 11 is 8.20. The van der Waals surface area contributed by atoms with Crippen LogP contribution in [0.1, 0.15) is 21.9 Å². The molecule has 0 spiro atoms. The van der Waals surface area contributed by atoms with Crippen molar-refractivity contribution in [2.45, 2.75) is 29.7 Å². The maximum Gasteiger partial charge on any atom is 0.308 e. The second kappa shape index (κ2) is 11.6. The molecule has 9 nitrogen and oxygen atoms in total. The van der Waals surface area contributed by atoms with Crippen molar-refractivity contribution in [1.29, 1.82) is 0 Å². The van der Waals surface area contributed by atoms with E-state index in [9.17, 15) is 19.2 Å². The van der Waals surface area contributed by atoms with E-state index in [1.165, 1.54) is 23.7 Å². The van der Waals surface area contributed by atoms with Gasteiger partial charge in [0.05, 0.1) is 30.9 Å². The van der Waals surface area contributed by atoms with Crippen LogP contribution in [-0.2, 0) is 20.9 Å². The summed E-state index contributed by atoms with van der Waals surface area (Å²) in [6.07, 6.45) is 0. The van der Waals surface area contributed by atoms with Gasteiger partial charge in [-0.05, 0) is 61.0 Å². The van der Waals surface area contributed by atoms with Crippen LogP contribution in [0.5, 0.6) is 11.5 Å². The highest BCUT2D eigenvalue weighted by molar-refractivity contribution is 8.00. The number of hydrogen-bond donors (Lipinski definition) is 1. The number of hydrogen-bond acceptors (Lipinski definition) is 8. The zero-order valence-electron chi connectivity index (χ0n) is 23.3. The number of benzene rings is 3. The normalized spacial score (nSPS) is 19.2. The number of fused-ring (bicyclic) bond motifs is 2. The lowest BCUT2D eigenvalue weighted by Gasteiger charge is -2.31. The van der Waals surface area contributed by atoms with Crippen molar-refractivity contribution in [3.63, 3.8) is 0 Å². The van der Waals surface area contributed by atoms with Gasteiger partial charge in [-0.1, -0.05) is 58.5 Å². The van der Waals surface area contributed by atoms with Crippen molar-refractivity contribution in [2.75, 3.05) is 24.4 Å². The Labute approximate surface area is 260 Å². The number of thioether (sulfide) groups is 1. The molecule has 1 aromatic heterocycles. The molecular formula is C31H26ClN3O6S2. The van der Waals surface area contributed by atoms with Gasteiger partial charge in [0, 0.05) is 21.5 Å². The number of carbonyl (C=O) groups is 3. The van der Waals surface area contributed by atoms with E-state index in [-0.39, 0.29) is 23.2 Å². The fraction of sp³-hybridized carbons (Fsp3) is 0.226. The summed E-state index contributed by atoms with van der Waals surface area (Å²) in [5.41, 5.74) is 2.76. The number of nitrogens with one attached hydrogen (secondary N) is 1. The summed E-state index contributed by atoms with van der Waals surface area (Å²) in [4.78, 5) is 55.9. The summed E-state index contributed by atoms with van der Waals surface area (Å²) < 4.78 is 12.3. The number of thiazole rings is 1. The molecule has 4 aromatic rings. The van der Waals surface area contributed by atoms with Crippen molar-refractivity contribution in [2.24, 2.45) is 5.92 Å². The van der Waals surface area contributed by atoms with Crippen molar-refractivity contribution in [1.82, 2.24) is 4.57 Å². The topological polar surface area (TPSA) is 107 Å². The van der Waals surface area contributed by atoms with E-state index in [0.717, 1.165) is 28.7 Å². The molecule has 3 aromatic carbocycles. The number of aromatic nitrogens is 1. The third kappa shape index (κ3) is 5.21. The quantitative estimate of drug-likeness (QED) is 0.274. The molecule has 0 bridgehead atoms. The van der Waals surface area contributed by atoms with Crippen molar-refractivity contribution >= 4 is 63.8 Å². The summed E-state index contributed by atoms with van der Waals surface area (Å²) in [6, 6.07) is 19.2. The first-order valence-electron chi connectivity index (χ1n) is 13.3. The maximum absolute atomic E-state index is 14.1. The molecular weight excluding hydrogens is 610 g/mol. The number of amides is 3. The highest BCUT2D eigenvalue weighted by Gasteiger charge is 2.57. The molecule has 1 saturated heterocycles. The standard InChI is InChI=1S/C31H26ClN3O6S2/c1-16-4-9-19(10-5-16)33-23(36)15-34-30-27(43-31(34)39)24(17-6-13-21(40-2)22(14-17)41-3)25-26(42-30)29(38)35(28(25)37)20-11-7-18(32)8-12-20/h4-14,24-26H,15H2,1-3H3,(H,33,36)/t24-,25?,26?/m0/s1. The Bertz CT molecular complexity index is 1800. The summed E-state index contributed by atoms with van der Waals surface area (Å²) in [5.74, 6) is -1.64. The van der Waals surface area contributed by atoms with Crippen LogP contribution in [0.3, 0.4) is 0 Å².